The molecule has 52 heavy (non-hydrogen) atoms. The van der Waals surface area contributed by atoms with E-state index in [-0.39, 0.29) is 52.3 Å². The predicted octanol–water partition coefficient (Wildman–Crippen LogP) is 7.27. The van der Waals surface area contributed by atoms with Crippen LogP contribution < -0.4 is 19.5 Å². The lowest BCUT2D eigenvalue weighted by atomic mass is 9.98. The molecule has 0 aliphatic carbocycles. The van der Waals surface area contributed by atoms with E-state index < -0.39 is 48.1 Å². The molecule has 0 spiro atoms. The predicted molar refractivity (Wildman–Crippen MR) is 179 cm³/mol. The average Bonchev–Trinajstić information content (AvgIpc) is 3.53. The number of hydrogen-bond acceptors (Lipinski definition) is 11. The molecule has 0 saturated heterocycles. The topological polar surface area (TPSA) is 151 Å². The number of anilines is 1. The highest BCUT2D eigenvalue weighted by atomic mass is 19.3. The second-order valence-corrected chi connectivity index (χ2v) is 13.0. The number of aromatic nitrogens is 5. The van der Waals surface area contributed by atoms with E-state index >= 15 is 0 Å². The third-order valence-electron chi connectivity index (χ3n) is 6.88. The monoisotopic (exact) mass is 723 g/mol. The van der Waals surface area contributed by atoms with Crippen LogP contribution in [0.25, 0.3) is 16.9 Å². The summed E-state index contributed by atoms with van der Waals surface area (Å²) in [6.07, 6.45) is 4.44. The van der Waals surface area contributed by atoms with Crippen molar-refractivity contribution < 1.29 is 46.1 Å². The number of rotatable bonds is 13. The molecule has 0 saturated carbocycles. The van der Waals surface area contributed by atoms with E-state index in [9.17, 15) is 27.2 Å². The molecule has 3 aromatic heterocycles. The van der Waals surface area contributed by atoms with E-state index in [4.69, 9.17) is 14.2 Å². The van der Waals surface area contributed by atoms with Gasteiger partial charge in [-0.3, -0.25) is 5.32 Å². The minimum Gasteiger partial charge on any atom is -0.483 e. The number of alkyl halides is 2. The molecule has 3 heterocycles. The van der Waals surface area contributed by atoms with Crippen LogP contribution in [0, 0.1) is 11.6 Å². The van der Waals surface area contributed by atoms with Gasteiger partial charge in [0.15, 0.2) is 24.6 Å². The van der Waals surface area contributed by atoms with Crippen LogP contribution in [0.5, 0.6) is 17.6 Å². The fraction of sp³-hybridized carbons (Fsp3) is 0.314. The number of amides is 1. The van der Waals surface area contributed by atoms with Crippen molar-refractivity contribution in [2.45, 2.75) is 58.2 Å². The van der Waals surface area contributed by atoms with Crippen molar-refractivity contribution in [1.29, 1.82) is 0 Å². The summed E-state index contributed by atoms with van der Waals surface area (Å²) in [5, 5.41) is 6.59. The van der Waals surface area contributed by atoms with E-state index in [2.05, 4.69) is 35.1 Å². The first kappa shape index (κ1) is 37.2. The first-order valence-corrected chi connectivity index (χ1v) is 15.7. The Kier molecular flexibility index (Phi) is 10.7. The number of carbonyl (C=O) groups is 1. The van der Waals surface area contributed by atoms with Gasteiger partial charge in [0.25, 0.3) is 0 Å². The van der Waals surface area contributed by atoms with Gasteiger partial charge in [-0.1, -0.05) is 18.2 Å². The Balaban J connectivity index is 1.40. The summed E-state index contributed by atoms with van der Waals surface area (Å²) < 4.78 is 81.8. The number of fused-ring (bicyclic) bond motifs is 1. The van der Waals surface area contributed by atoms with Gasteiger partial charge in [0.2, 0.25) is 12.0 Å². The summed E-state index contributed by atoms with van der Waals surface area (Å²) >= 11 is 0. The van der Waals surface area contributed by atoms with Gasteiger partial charge >= 0.3 is 18.0 Å². The number of imidazole rings is 1. The molecule has 1 amide bonds. The van der Waals surface area contributed by atoms with Crippen molar-refractivity contribution in [2.24, 2.45) is 4.99 Å². The summed E-state index contributed by atoms with van der Waals surface area (Å²) in [7, 11) is 0. The Labute approximate surface area is 294 Å². The molecule has 272 valence electrons. The molecule has 1 N–H and O–H groups in total. The number of hydrogen-bond donors (Lipinski definition) is 1. The van der Waals surface area contributed by atoms with Crippen LogP contribution in [0.4, 0.5) is 33.7 Å². The van der Waals surface area contributed by atoms with Crippen molar-refractivity contribution in [3.63, 3.8) is 0 Å². The van der Waals surface area contributed by atoms with Crippen molar-refractivity contribution >= 4 is 29.2 Å². The maximum Gasteiger partial charge on any atom is 0.411 e. The Morgan fingerprint density at radius 3 is 2.46 bits per heavy atom. The lowest BCUT2D eigenvalue weighted by molar-refractivity contribution is -0.0811. The summed E-state index contributed by atoms with van der Waals surface area (Å²) in [6, 6.07) is 10.7. The number of carbonyl (C=O) groups excluding carboxylic acids is 2. The van der Waals surface area contributed by atoms with Gasteiger partial charge in [-0.05, 0) is 64.4 Å². The second-order valence-electron chi connectivity index (χ2n) is 13.0. The standard InChI is InChI=1S/C35H33F4N7O6/c1-33(2,3)52-31-41-17-22(30(44-31)51-34(4,5)16-21-10-11-25(42-20-47)24(37)14-21)27-15-28(29-40-12-13-46(29)45-27)49-18-35(38,39)19-50-32(48)43-26-9-7-6-8-23(26)36/h6-15,17H,16,18-19H2,1-5H3,(H,43,48). The van der Waals surface area contributed by atoms with E-state index in [1.54, 1.807) is 40.7 Å². The Hall–Kier alpha value is -6.09. The molecule has 0 aliphatic heterocycles. The zero-order chi connectivity index (χ0) is 37.7. The van der Waals surface area contributed by atoms with E-state index in [1.807, 2.05) is 0 Å². The summed E-state index contributed by atoms with van der Waals surface area (Å²) in [4.78, 5) is 38.9. The Morgan fingerprint density at radius 1 is 0.981 bits per heavy atom. The first-order valence-electron chi connectivity index (χ1n) is 15.7. The zero-order valence-electron chi connectivity index (χ0n) is 28.6. The molecule has 0 atom stereocenters. The van der Waals surface area contributed by atoms with Crippen LogP contribution in [-0.4, -0.2) is 67.1 Å². The molecule has 0 radical (unpaired) electrons. The average molecular weight is 724 g/mol. The van der Waals surface area contributed by atoms with Gasteiger partial charge in [0.05, 0.1) is 11.3 Å². The molecule has 5 rings (SSSR count). The van der Waals surface area contributed by atoms with Crippen LogP contribution in [0.15, 0.2) is 72.1 Å². The highest BCUT2D eigenvalue weighted by Crippen LogP contribution is 2.35. The summed E-state index contributed by atoms with van der Waals surface area (Å²) in [6.45, 7) is 6.27. The lowest BCUT2D eigenvalue weighted by Crippen LogP contribution is -2.33. The molecule has 5 aromatic rings. The molecule has 13 nitrogen and oxygen atoms in total. The highest BCUT2D eigenvalue weighted by molar-refractivity contribution is 5.84. The number of nitrogens with one attached hydrogen (secondary N) is 1. The fourth-order valence-electron chi connectivity index (χ4n) is 4.75. The first-order chi connectivity index (χ1) is 24.5. The molecule has 0 unspecified atom stereocenters. The van der Waals surface area contributed by atoms with Crippen molar-refractivity contribution in [2.75, 3.05) is 18.5 Å². The number of para-hydroxylation sites is 1. The summed E-state index contributed by atoms with van der Waals surface area (Å²) in [5.41, 5.74) is -1.13. The molecule has 17 heteroatoms. The van der Waals surface area contributed by atoms with Crippen molar-refractivity contribution in [1.82, 2.24) is 24.6 Å². The number of halogens is 4. The molecular formula is C35H33F4N7O6. The maximum absolute atomic E-state index is 14.9. The third kappa shape index (κ3) is 9.78. The van der Waals surface area contributed by atoms with Gasteiger partial charge in [-0.25, -0.2) is 32.9 Å². The highest BCUT2D eigenvalue weighted by Gasteiger charge is 2.33. The molecule has 0 fully saturated rings. The second kappa shape index (κ2) is 15.0. The van der Waals surface area contributed by atoms with Gasteiger partial charge in [-0.15, -0.1) is 0 Å². The Bertz CT molecular complexity index is 2130. The van der Waals surface area contributed by atoms with Crippen LogP contribution in [0.1, 0.15) is 40.2 Å². The Morgan fingerprint density at radius 2 is 1.75 bits per heavy atom. The SMILES string of the molecule is CC(C)(C)Oc1ncc(-c2cc(OCC(F)(F)COC(=O)Nc3ccccc3F)c3nccn3n2)c(OC(C)(C)Cc2ccc(N=C=O)c(F)c2)n1. The number of isocyanates is 1. The molecule has 0 aliphatic rings. The quantitative estimate of drug-likeness (QED) is 0.0746. The van der Waals surface area contributed by atoms with E-state index in [0.717, 1.165) is 6.07 Å². The minimum absolute atomic E-state index is 0.000549. The molecule has 2 aromatic carbocycles. The van der Waals surface area contributed by atoms with Gasteiger partial charge < -0.3 is 18.9 Å². The minimum atomic E-state index is -3.68. The maximum atomic E-state index is 14.9. The number of aliphatic imine (C=N–C) groups is 1. The van der Waals surface area contributed by atoms with Crippen molar-refractivity contribution in [3.8, 4) is 28.9 Å². The number of ether oxygens (including phenoxy) is 4. The number of benzene rings is 2. The van der Waals surface area contributed by atoms with Crippen LogP contribution in [0.3, 0.4) is 0 Å². The third-order valence-corrected chi connectivity index (χ3v) is 6.88. The van der Waals surface area contributed by atoms with Gasteiger partial charge in [0.1, 0.15) is 34.2 Å². The van der Waals surface area contributed by atoms with Gasteiger partial charge in [0, 0.05) is 31.1 Å². The zero-order valence-corrected chi connectivity index (χ0v) is 28.6. The molecule has 0 bridgehead atoms. The van der Waals surface area contributed by atoms with Crippen molar-refractivity contribution in [3.05, 3.63) is 84.3 Å². The largest absolute Gasteiger partial charge is 0.483 e. The smallest absolute Gasteiger partial charge is 0.411 e. The van der Waals surface area contributed by atoms with E-state index in [1.165, 1.54) is 65.6 Å². The lowest BCUT2D eigenvalue weighted by Gasteiger charge is -2.28. The van der Waals surface area contributed by atoms with Gasteiger partial charge in [-0.2, -0.15) is 23.9 Å². The summed E-state index contributed by atoms with van der Waals surface area (Å²) in [5.74, 6) is -5.27. The molecular weight excluding hydrogens is 690 g/mol. The normalized spacial score (nSPS) is 11.9. The number of nitrogens with zero attached hydrogens (tertiary/aromatic N) is 6. The van der Waals surface area contributed by atoms with Crippen LogP contribution in [-0.2, 0) is 16.0 Å². The van der Waals surface area contributed by atoms with Crippen LogP contribution in [0.2, 0.25) is 0 Å². The fourth-order valence-corrected chi connectivity index (χ4v) is 4.75. The van der Waals surface area contributed by atoms with Crippen LogP contribution >= 0.6 is 0 Å². The van der Waals surface area contributed by atoms with E-state index in [0.29, 0.717) is 5.56 Å².